The van der Waals surface area contributed by atoms with Crippen LogP contribution >= 0.6 is 0 Å². The second-order valence-electron chi connectivity index (χ2n) is 7.91. The van der Waals surface area contributed by atoms with Crippen molar-refractivity contribution < 1.29 is 14.3 Å². The molecule has 0 spiro atoms. The molecule has 1 aliphatic carbocycles. The highest BCUT2D eigenvalue weighted by Crippen LogP contribution is 2.24. The monoisotopic (exact) mass is 419 g/mol. The maximum Gasteiger partial charge on any atom is 0.409 e. The van der Waals surface area contributed by atoms with Crippen LogP contribution in [0.1, 0.15) is 64.0 Å². The number of rotatable bonds is 10. The van der Waals surface area contributed by atoms with Crippen molar-refractivity contribution in [2.45, 2.75) is 64.4 Å². The van der Waals surface area contributed by atoms with Gasteiger partial charge in [0.05, 0.1) is 42.5 Å². The van der Waals surface area contributed by atoms with E-state index in [9.17, 15) is 4.79 Å². The molecule has 0 atom stereocenters. The van der Waals surface area contributed by atoms with E-state index >= 15 is 0 Å². The van der Waals surface area contributed by atoms with Gasteiger partial charge in [-0.1, -0.05) is 26.2 Å². The molecule has 1 saturated carbocycles. The minimum atomic E-state index is -0.401. The van der Waals surface area contributed by atoms with Crippen molar-refractivity contribution in [1.29, 1.82) is 0 Å². The predicted molar refractivity (Wildman–Crippen MR) is 118 cm³/mol. The zero-order valence-electron chi connectivity index (χ0n) is 18.6. The molecule has 1 amide bonds. The van der Waals surface area contributed by atoms with Gasteiger partial charge in [0.2, 0.25) is 0 Å². The molecular formula is C22H37N5O3. The Kier molecular flexibility index (Phi) is 9.73. The summed E-state index contributed by atoms with van der Waals surface area (Å²) in [6.45, 7) is 2.73. The molecular weight excluding hydrogens is 382 g/mol. The van der Waals surface area contributed by atoms with Crippen LogP contribution in [0.25, 0.3) is 5.70 Å². The molecule has 1 heterocycles. The Morgan fingerprint density at radius 3 is 2.53 bits per heavy atom. The zero-order chi connectivity index (χ0) is 21.9. The molecule has 1 aromatic rings. The summed E-state index contributed by atoms with van der Waals surface area (Å²) in [5.41, 5.74) is 7.92. The number of pyridine rings is 1. The quantitative estimate of drug-likeness (QED) is 0.340. The van der Waals surface area contributed by atoms with Gasteiger partial charge < -0.3 is 25.1 Å². The molecule has 8 nitrogen and oxygen atoms in total. The first-order valence-corrected chi connectivity index (χ1v) is 10.9. The Hall–Kier alpha value is -2.48. The van der Waals surface area contributed by atoms with Crippen molar-refractivity contribution in [3.63, 3.8) is 0 Å². The Bertz CT molecular complexity index is 685. The van der Waals surface area contributed by atoms with E-state index in [-0.39, 0.29) is 12.6 Å². The fraction of sp³-hybridized carbons (Fsp3) is 0.636. The Morgan fingerprint density at radius 1 is 1.20 bits per heavy atom. The maximum absolute atomic E-state index is 12.2. The van der Waals surface area contributed by atoms with Crippen molar-refractivity contribution >= 4 is 11.8 Å². The molecule has 0 aliphatic heterocycles. The summed E-state index contributed by atoms with van der Waals surface area (Å²) in [5, 5.41) is 1.41. The summed E-state index contributed by atoms with van der Waals surface area (Å²) in [6.07, 6.45) is 10.4. The maximum atomic E-state index is 12.2. The second kappa shape index (κ2) is 12.3. The minimum Gasteiger partial charge on any atom is -0.489 e. The van der Waals surface area contributed by atoms with E-state index in [0.717, 1.165) is 37.9 Å². The van der Waals surface area contributed by atoms with Crippen LogP contribution < -0.4 is 16.3 Å². The Balaban J connectivity index is 2.01. The van der Waals surface area contributed by atoms with Gasteiger partial charge in [-0.25, -0.2) is 10.6 Å². The van der Waals surface area contributed by atoms with Crippen LogP contribution in [0.15, 0.2) is 24.0 Å². The Morgan fingerprint density at radius 2 is 1.93 bits per heavy atom. The number of carbonyl (C=O) groups is 1. The number of carbonyl (C=O) groups excluding carboxylic acids is 1. The first-order chi connectivity index (χ1) is 14.4. The van der Waals surface area contributed by atoms with E-state index in [0.29, 0.717) is 23.7 Å². The third kappa shape index (κ3) is 7.40. The number of hydrazine groups is 1. The van der Waals surface area contributed by atoms with Crippen LogP contribution in [0.3, 0.4) is 0 Å². The summed E-state index contributed by atoms with van der Waals surface area (Å²) in [6, 6.07) is 3.70. The van der Waals surface area contributed by atoms with E-state index in [2.05, 4.69) is 11.9 Å². The van der Waals surface area contributed by atoms with Crippen LogP contribution in [0, 0.1) is 0 Å². The van der Waals surface area contributed by atoms with Gasteiger partial charge in [-0.15, -0.1) is 0 Å². The number of aromatic nitrogens is 1. The number of ether oxygens (including phenoxy) is 2. The largest absolute Gasteiger partial charge is 0.489 e. The number of unbranched alkanes of at least 4 members (excludes halogenated alkanes) is 2. The van der Waals surface area contributed by atoms with Crippen molar-refractivity contribution in [2.24, 2.45) is 11.6 Å². The van der Waals surface area contributed by atoms with E-state index in [1.165, 1.54) is 29.2 Å². The zero-order valence-corrected chi connectivity index (χ0v) is 18.6. The van der Waals surface area contributed by atoms with Gasteiger partial charge in [0.1, 0.15) is 5.75 Å². The van der Waals surface area contributed by atoms with Crippen LogP contribution in [-0.4, -0.2) is 54.3 Å². The van der Waals surface area contributed by atoms with Gasteiger partial charge in [0.25, 0.3) is 0 Å². The molecule has 30 heavy (non-hydrogen) atoms. The average molecular weight is 420 g/mol. The van der Waals surface area contributed by atoms with Gasteiger partial charge in [-0.2, -0.15) is 0 Å². The van der Waals surface area contributed by atoms with Gasteiger partial charge in [0, 0.05) is 14.1 Å². The molecule has 168 valence electrons. The molecule has 4 N–H and O–H groups in total. The lowest BCUT2D eigenvalue weighted by Gasteiger charge is -2.25. The number of hydrogen-bond donors (Lipinski definition) is 2. The average Bonchev–Trinajstić information content (AvgIpc) is 2.75. The number of amides is 1. The normalized spacial score (nSPS) is 15.3. The molecule has 2 rings (SSSR count). The number of hydrogen-bond acceptors (Lipinski definition) is 7. The molecule has 1 aromatic heterocycles. The number of nitrogens with two attached hydrogens (primary N) is 2. The van der Waals surface area contributed by atoms with E-state index in [1.54, 1.807) is 20.3 Å². The van der Waals surface area contributed by atoms with Crippen LogP contribution in [0.4, 0.5) is 4.79 Å². The van der Waals surface area contributed by atoms with Crippen LogP contribution in [-0.2, 0) is 4.74 Å². The molecule has 0 unspecified atom stereocenters. The minimum absolute atomic E-state index is 0.216. The molecule has 1 fully saturated rings. The molecule has 0 saturated heterocycles. The molecule has 0 aromatic carbocycles. The molecule has 1 aliphatic rings. The standard InChI is InChI=1S/C22H37N5O3/c1-4-5-9-14-29-22(28)26(2)16-20(27(3)24)21(23)19-13-12-18(15-25-19)30-17-10-7-6-8-11-17/h12-13,15,17H,4-11,14,16,23-24H2,1-3H3/b21-20-. The molecule has 0 radical (unpaired) electrons. The topological polar surface area (TPSA) is 107 Å². The second-order valence-corrected chi connectivity index (χ2v) is 7.91. The van der Waals surface area contributed by atoms with Crippen LogP contribution in [0.2, 0.25) is 0 Å². The van der Waals surface area contributed by atoms with Crippen LogP contribution in [0.5, 0.6) is 5.75 Å². The van der Waals surface area contributed by atoms with Crippen molar-refractivity contribution in [1.82, 2.24) is 14.9 Å². The summed E-state index contributed by atoms with van der Waals surface area (Å²) >= 11 is 0. The summed E-state index contributed by atoms with van der Waals surface area (Å²) in [5.74, 6) is 6.73. The fourth-order valence-corrected chi connectivity index (χ4v) is 3.43. The Labute approximate surface area is 180 Å². The van der Waals surface area contributed by atoms with Crippen molar-refractivity contribution in [3.05, 3.63) is 29.7 Å². The smallest absolute Gasteiger partial charge is 0.409 e. The van der Waals surface area contributed by atoms with E-state index in [1.807, 2.05) is 12.1 Å². The lowest BCUT2D eigenvalue weighted by Crippen LogP contribution is -2.38. The third-order valence-electron chi connectivity index (χ3n) is 5.28. The molecule has 0 bridgehead atoms. The van der Waals surface area contributed by atoms with E-state index < -0.39 is 6.09 Å². The SMILES string of the molecule is CCCCCOC(=O)N(C)C/C(=C(/N)c1ccc(OC2CCCCC2)cn1)N(C)N. The van der Waals surface area contributed by atoms with Gasteiger partial charge in [-0.05, 0) is 44.2 Å². The number of likely N-dealkylation sites (N-methyl/N-ethyl adjacent to an activating group) is 2. The summed E-state index contributed by atoms with van der Waals surface area (Å²) in [7, 11) is 3.34. The van der Waals surface area contributed by atoms with Crippen molar-refractivity contribution in [2.75, 3.05) is 27.2 Å². The third-order valence-corrected chi connectivity index (χ3v) is 5.28. The lowest BCUT2D eigenvalue weighted by atomic mass is 9.98. The first-order valence-electron chi connectivity index (χ1n) is 10.9. The fourth-order valence-electron chi connectivity index (χ4n) is 3.43. The highest BCUT2D eigenvalue weighted by Gasteiger charge is 2.18. The van der Waals surface area contributed by atoms with Gasteiger partial charge in [-0.3, -0.25) is 4.98 Å². The highest BCUT2D eigenvalue weighted by molar-refractivity contribution is 5.69. The highest BCUT2D eigenvalue weighted by atomic mass is 16.6. The summed E-state index contributed by atoms with van der Waals surface area (Å²) in [4.78, 5) is 18.1. The predicted octanol–water partition coefficient (Wildman–Crippen LogP) is 3.48. The molecule has 8 heteroatoms. The van der Waals surface area contributed by atoms with Crippen molar-refractivity contribution in [3.8, 4) is 5.75 Å². The lowest BCUT2D eigenvalue weighted by molar-refractivity contribution is 0.110. The van der Waals surface area contributed by atoms with Gasteiger partial charge >= 0.3 is 6.09 Å². The number of nitrogens with zero attached hydrogens (tertiary/aromatic N) is 3. The first kappa shape index (κ1) is 23.8. The van der Waals surface area contributed by atoms with E-state index in [4.69, 9.17) is 21.1 Å². The van der Waals surface area contributed by atoms with Gasteiger partial charge in [0.15, 0.2) is 0 Å². The summed E-state index contributed by atoms with van der Waals surface area (Å²) < 4.78 is 11.3.